The molecule has 2 heterocycles. The van der Waals surface area contributed by atoms with Gasteiger partial charge < -0.3 is 9.84 Å². The molecule has 0 bridgehead atoms. The van der Waals surface area contributed by atoms with E-state index in [-0.39, 0.29) is 17.3 Å². The zero-order chi connectivity index (χ0) is 23.7. The number of nitrogens with zero attached hydrogens (tertiary/aromatic N) is 2. The molecule has 0 radical (unpaired) electrons. The van der Waals surface area contributed by atoms with Crippen molar-refractivity contribution >= 4 is 39.9 Å². The lowest BCUT2D eigenvalue weighted by atomic mass is 9.80. The Morgan fingerprint density at radius 2 is 1.74 bits per heavy atom. The van der Waals surface area contributed by atoms with Crippen LogP contribution in [0.15, 0.2) is 59.1 Å². The Hall–Kier alpha value is -3.06. The Balaban J connectivity index is 1.56. The van der Waals surface area contributed by atoms with Gasteiger partial charge in [-0.2, -0.15) is 0 Å². The SMILES string of the molecule is COc1ccc(C(O)=C2C(=O)C(=O)N(c3ccc(C4=NCCS4)cc3)C2C2CCCCC2)cc1. The van der Waals surface area contributed by atoms with Gasteiger partial charge >= 0.3 is 0 Å². The molecule has 7 heteroatoms. The van der Waals surface area contributed by atoms with E-state index in [4.69, 9.17) is 4.74 Å². The number of thioether (sulfide) groups is 1. The smallest absolute Gasteiger partial charge is 0.299 e. The van der Waals surface area contributed by atoms with E-state index in [0.29, 0.717) is 17.0 Å². The molecule has 2 aliphatic heterocycles. The maximum absolute atomic E-state index is 13.3. The number of carbonyl (C=O) groups excluding carboxylic acids is 2. The van der Waals surface area contributed by atoms with E-state index in [1.54, 1.807) is 48.0 Å². The predicted octanol–water partition coefficient (Wildman–Crippen LogP) is 5.02. The van der Waals surface area contributed by atoms with Crippen molar-refractivity contribution in [1.82, 2.24) is 0 Å². The van der Waals surface area contributed by atoms with Gasteiger partial charge in [-0.3, -0.25) is 19.5 Å². The molecule has 5 rings (SSSR count). The molecule has 1 N–H and O–H groups in total. The number of methoxy groups -OCH3 is 1. The molecule has 1 unspecified atom stereocenters. The summed E-state index contributed by atoms with van der Waals surface area (Å²) in [4.78, 5) is 32.8. The third kappa shape index (κ3) is 4.13. The maximum atomic E-state index is 13.3. The number of rotatable bonds is 5. The summed E-state index contributed by atoms with van der Waals surface area (Å²) in [7, 11) is 1.58. The quantitative estimate of drug-likeness (QED) is 0.372. The lowest BCUT2D eigenvalue weighted by Crippen LogP contribution is -2.40. The van der Waals surface area contributed by atoms with Crippen LogP contribution < -0.4 is 9.64 Å². The second-order valence-electron chi connectivity index (χ2n) is 8.92. The van der Waals surface area contributed by atoms with Gasteiger partial charge in [0.1, 0.15) is 11.5 Å². The van der Waals surface area contributed by atoms with Crippen LogP contribution in [0.1, 0.15) is 43.2 Å². The fourth-order valence-corrected chi connectivity index (χ4v) is 6.08. The average Bonchev–Trinajstić information content (AvgIpc) is 3.52. The van der Waals surface area contributed by atoms with Crippen molar-refractivity contribution in [2.45, 2.75) is 38.1 Å². The topological polar surface area (TPSA) is 79.2 Å². The fourth-order valence-electron chi connectivity index (χ4n) is 5.22. The summed E-state index contributed by atoms with van der Waals surface area (Å²) in [5.74, 6) is 0.445. The van der Waals surface area contributed by atoms with Crippen molar-refractivity contribution in [2.24, 2.45) is 10.9 Å². The summed E-state index contributed by atoms with van der Waals surface area (Å²) in [6, 6.07) is 14.2. The number of carbonyl (C=O) groups is 2. The highest BCUT2D eigenvalue weighted by molar-refractivity contribution is 8.14. The van der Waals surface area contributed by atoms with Gasteiger partial charge in [0.15, 0.2) is 0 Å². The molecule has 1 amide bonds. The lowest BCUT2D eigenvalue weighted by Gasteiger charge is -2.34. The molecule has 1 saturated carbocycles. The van der Waals surface area contributed by atoms with Crippen molar-refractivity contribution in [2.75, 3.05) is 24.3 Å². The first-order valence-electron chi connectivity index (χ1n) is 11.8. The number of ether oxygens (including phenoxy) is 1. The lowest BCUT2D eigenvalue weighted by molar-refractivity contribution is -0.132. The predicted molar refractivity (Wildman–Crippen MR) is 136 cm³/mol. The summed E-state index contributed by atoms with van der Waals surface area (Å²) in [5.41, 5.74) is 2.42. The standard InChI is InChI=1S/C27H28N2O4S/c1-33-21-13-9-18(10-14-21)24(30)22-23(17-5-3-2-4-6-17)29(27(32)25(22)31)20-11-7-19(8-12-20)26-28-15-16-34-26/h7-14,17,23,30H,2-6,15-16H2,1H3. The van der Waals surface area contributed by atoms with Crippen molar-refractivity contribution in [3.63, 3.8) is 0 Å². The molecular weight excluding hydrogens is 448 g/mol. The minimum atomic E-state index is -0.622. The van der Waals surface area contributed by atoms with Gasteiger partial charge in [0.25, 0.3) is 11.7 Å². The number of hydrogen-bond acceptors (Lipinski definition) is 6. The van der Waals surface area contributed by atoms with E-state index in [0.717, 1.165) is 55.0 Å². The highest BCUT2D eigenvalue weighted by atomic mass is 32.2. The molecule has 2 aromatic rings. The Bertz CT molecular complexity index is 1150. The van der Waals surface area contributed by atoms with Crippen molar-refractivity contribution in [3.05, 3.63) is 65.2 Å². The molecule has 34 heavy (non-hydrogen) atoms. The normalized spacial score (nSPS) is 22.8. The van der Waals surface area contributed by atoms with Gasteiger partial charge in [-0.05, 0) is 55.2 Å². The number of ketones is 1. The van der Waals surface area contributed by atoms with Crippen LogP contribution in [0.3, 0.4) is 0 Å². The first-order valence-corrected chi connectivity index (χ1v) is 12.8. The van der Waals surface area contributed by atoms with Gasteiger partial charge in [-0.15, -0.1) is 11.8 Å². The zero-order valence-corrected chi connectivity index (χ0v) is 20.0. The summed E-state index contributed by atoms with van der Waals surface area (Å²) in [6.45, 7) is 0.823. The molecule has 0 aromatic heterocycles. The molecule has 1 atom stereocenters. The van der Waals surface area contributed by atoms with Crippen molar-refractivity contribution in [3.8, 4) is 5.75 Å². The highest BCUT2D eigenvalue weighted by Crippen LogP contribution is 2.41. The Labute approximate surface area is 203 Å². The second-order valence-corrected chi connectivity index (χ2v) is 10.0. The molecule has 3 aliphatic rings. The summed E-state index contributed by atoms with van der Waals surface area (Å²) in [5, 5.41) is 12.3. The van der Waals surface area contributed by atoms with Crippen LogP contribution in [0.4, 0.5) is 5.69 Å². The number of benzene rings is 2. The van der Waals surface area contributed by atoms with E-state index >= 15 is 0 Å². The van der Waals surface area contributed by atoms with E-state index in [2.05, 4.69) is 4.99 Å². The van der Waals surface area contributed by atoms with Crippen LogP contribution in [-0.2, 0) is 9.59 Å². The first-order chi connectivity index (χ1) is 16.6. The summed E-state index contributed by atoms with van der Waals surface area (Å²) < 4.78 is 5.21. The van der Waals surface area contributed by atoms with Gasteiger partial charge in [0.2, 0.25) is 0 Å². The average molecular weight is 477 g/mol. The number of aliphatic imine (C=N–C) groups is 1. The van der Waals surface area contributed by atoms with Crippen LogP contribution >= 0.6 is 11.8 Å². The Kier molecular flexibility index (Phi) is 6.46. The zero-order valence-electron chi connectivity index (χ0n) is 19.2. The largest absolute Gasteiger partial charge is 0.507 e. The van der Waals surface area contributed by atoms with E-state index in [9.17, 15) is 14.7 Å². The number of anilines is 1. The molecule has 1 aliphatic carbocycles. The molecule has 1 saturated heterocycles. The Morgan fingerprint density at radius 1 is 1.03 bits per heavy atom. The number of Topliss-reactive ketones (excluding diaryl/α,β-unsaturated/α-hetero) is 1. The van der Waals surface area contributed by atoms with Crippen LogP contribution in [0.25, 0.3) is 5.76 Å². The number of amides is 1. The molecule has 2 aromatic carbocycles. The summed E-state index contributed by atoms with van der Waals surface area (Å²) >= 11 is 1.73. The first kappa shape index (κ1) is 22.7. The highest BCUT2D eigenvalue weighted by Gasteiger charge is 2.49. The monoisotopic (exact) mass is 476 g/mol. The molecule has 2 fully saturated rings. The van der Waals surface area contributed by atoms with Crippen LogP contribution in [0.2, 0.25) is 0 Å². The minimum absolute atomic E-state index is 0.118. The fraction of sp³-hybridized carbons (Fsp3) is 0.370. The number of aliphatic hydroxyl groups excluding tert-OH is 1. The van der Waals surface area contributed by atoms with Gasteiger partial charge in [0, 0.05) is 29.1 Å². The van der Waals surface area contributed by atoms with Crippen LogP contribution in [0, 0.1) is 5.92 Å². The van der Waals surface area contributed by atoms with Crippen molar-refractivity contribution < 1.29 is 19.4 Å². The molecule has 176 valence electrons. The number of hydrogen-bond donors (Lipinski definition) is 1. The van der Waals surface area contributed by atoms with Gasteiger partial charge in [0.05, 0.1) is 23.8 Å². The van der Waals surface area contributed by atoms with Crippen LogP contribution in [0.5, 0.6) is 5.75 Å². The molecule has 0 spiro atoms. The summed E-state index contributed by atoms with van der Waals surface area (Å²) in [6.07, 6.45) is 5.12. The third-order valence-corrected chi connectivity index (χ3v) is 7.95. The second kappa shape index (κ2) is 9.66. The number of aliphatic hydroxyl groups is 1. The van der Waals surface area contributed by atoms with Crippen LogP contribution in [-0.4, -0.2) is 47.3 Å². The maximum Gasteiger partial charge on any atom is 0.299 e. The van der Waals surface area contributed by atoms with Gasteiger partial charge in [-0.25, -0.2) is 0 Å². The Morgan fingerprint density at radius 3 is 2.35 bits per heavy atom. The third-order valence-electron chi connectivity index (χ3n) is 6.92. The van der Waals surface area contributed by atoms with E-state index in [1.807, 2.05) is 24.3 Å². The van der Waals surface area contributed by atoms with Crippen molar-refractivity contribution in [1.29, 1.82) is 0 Å². The van der Waals surface area contributed by atoms with E-state index in [1.165, 1.54) is 0 Å². The minimum Gasteiger partial charge on any atom is -0.507 e. The van der Waals surface area contributed by atoms with Gasteiger partial charge in [-0.1, -0.05) is 31.4 Å². The molecule has 6 nitrogen and oxygen atoms in total. The van der Waals surface area contributed by atoms with E-state index < -0.39 is 17.7 Å². The molecular formula is C27H28N2O4S.